The van der Waals surface area contributed by atoms with Crippen LogP contribution in [0.3, 0.4) is 0 Å². The summed E-state index contributed by atoms with van der Waals surface area (Å²) >= 11 is 0. The molecule has 0 spiro atoms. The SMILES string of the molecule is C=C(Oc1cccc(-c2ccc(CN)cc2)n1)C(=O)O. The number of benzene rings is 1. The van der Waals surface area contributed by atoms with Crippen LogP contribution >= 0.6 is 0 Å². The molecule has 0 aliphatic rings. The van der Waals surface area contributed by atoms with Gasteiger partial charge in [-0.1, -0.05) is 30.3 Å². The van der Waals surface area contributed by atoms with Crippen LogP contribution in [-0.2, 0) is 11.3 Å². The largest absolute Gasteiger partial charge is 0.475 e. The summed E-state index contributed by atoms with van der Waals surface area (Å²) < 4.78 is 5.06. The van der Waals surface area contributed by atoms with Crippen LogP contribution in [0.4, 0.5) is 0 Å². The Morgan fingerprint density at radius 2 is 1.95 bits per heavy atom. The monoisotopic (exact) mass is 270 g/mol. The van der Waals surface area contributed by atoms with Gasteiger partial charge in [-0.15, -0.1) is 0 Å². The molecule has 102 valence electrons. The Bertz CT molecular complexity index is 636. The van der Waals surface area contributed by atoms with E-state index >= 15 is 0 Å². The standard InChI is InChI=1S/C15H14N2O3/c1-10(15(18)19)20-14-4-2-3-13(17-14)12-7-5-11(9-16)6-8-12/h2-8H,1,9,16H2,(H,18,19). The van der Waals surface area contributed by atoms with E-state index in [1.165, 1.54) is 0 Å². The Morgan fingerprint density at radius 3 is 2.55 bits per heavy atom. The number of nitrogens with two attached hydrogens (primary N) is 1. The van der Waals surface area contributed by atoms with Gasteiger partial charge in [0.05, 0.1) is 5.69 Å². The van der Waals surface area contributed by atoms with Gasteiger partial charge in [-0.05, 0) is 18.2 Å². The Hall–Kier alpha value is -2.66. The van der Waals surface area contributed by atoms with E-state index in [2.05, 4.69) is 11.6 Å². The van der Waals surface area contributed by atoms with Gasteiger partial charge in [-0.25, -0.2) is 9.78 Å². The van der Waals surface area contributed by atoms with Crippen LogP contribution < -0.4 is 10.5 Å². The van der Waals surface area contributed by atoms with Crippen LogP contribution in [0.15, 0.2) is 54.8 Å². The van der Waals surface area contributed by atoms with Gasteiger partial charge in [0.15, 0.2) is 0 Å². The van der Waals surface area contributed by atoms with Gasteiger partial charge in [0.25, 0.3) is 0 Å². The van der Waals surface area contributed by atoms with Crippen LogP contribution in [0.2, 0.25) is 0 Å². The van der Waals surface area contributed by atoms with E-state index in [1.54, 1.807) is 12.1 Å². The average molecular weight is 270 g/mol. The molecule has 0 aliphatic carbocycles. The van der Waals surface area contributed by atoms with E-state index in [0.29, 0.717) is 12.2 Å². The van der Waals surface area contributed by atoms with Crippen LogP contribution in [0.1, 0.15) is 5.56 Å². The summed E-state index contributed by atoms with van der Waals surface area (Å²) in [6.45, 7) is 3.78. The number of ether oxygens (including phenoxy) is 1. The Labute approximate surface area is 116 Å². The maximum absolute atomic E-state index is 10.7. The molecule has 0 aliphatic heterocycles. The lowest BCUT2D eigenvalue weighted by atomic mass is 10.1. The zero-order chi connectivity index (χ0) is 14.5. The minimum Gasteiger partial charge on any atom is -0.475 e. The van der Waals surface area contributed by atoms with Crippen molar-refractivity contribution in [3.63, 3.8) is 0 Å². The molecule has 3 N–H and O–H groups in total. The first-order chi connectivity index (χ1) is 9.60. The van der Waals surface area contributed by atoms with E-state index in [1.807, 2.05) is 30.3 Å². The third-order valence-electron chi connectivity index (χ3n) is 2.68. The molecule has 1 aromatic carbocycles. The van der Waals surface area contributed by atoms with Crippen LogP contribution in [-0.4, -0.2) is 16.1 Å². The molecule has 1 heterocycles. The van der Waals surface area contributed by atoms with Crippen LogP contribution in [0.25, 0.3) is 11.3 Å². The predicted molar refractivity (Wildman–Crippen MR) is 75.0 cm³/mol. The first-order valence-electron chi connectivity index (χ1n) is 5.96. The molecular formula is C15H14N2O3. The number of aromatic nitrogens is 1. The lowest BCUT2D eigenvalue weighted by Crippen LogP contribution is -2.06. The molecule has 5 nitrogen and oxygen atoms in total. The fraction of sp³-hybridized carbons (Fsp3) is 0.0667. The predicted octanol–water partition coefficient (Wildman–Crippen LogP) is 2.18. The third kappa shape index (κ3) is 3.21. The number of carboxylic acid groups (broad SMARTS) is 1. The zero-order valence-electron chi connectivity index (χ0n) is 10.7. The summed E-state index contributed by atoms with van der Waals surface area (Å²) in [6, 6.07) is 12.8. The van der Waals surface area contributed by atoms with Gasteiger partial charge in [-0.2, -0.15) is 0 Å². The van der Waals surface area contributed by atoms with Gasteiger partial charge in [-0.3, -0.25) is 0 Å². The van der Waals surface area contributed by atoms with Crippen molar-refractivity contribution in [3.05, 3.63) is 60.4 Å². The van der Waals surface area contributed by atoms with Gasteiger partial charge >= 0.3 is 5.97 Å². The molecule has 2 aromatic rings. The maximum Gasteiger partial charge on any atom is 0.371 e. The molecular weight excluding hydrogens is 256 g/mol. The summed E-state index contributed by atoms with van der Waals surface area (Å²) in [4.78, 5) is 14.9. The summed E-state index contributed by atoms with van der Waals surface area (Å²) in [5.41, 5.74) is 8.15. The number of nitrogens with zero attached hydrogens (tertiary/aromatic N) is 1. The van der Waals surface area contributed by atoms with Crippen molar-refractivity contribution in [2.45, 2.75) is 6.54 Å². The Kier molecular flexibility index (Phi) is 4.12. The van der Waals surface area contributed by atoms with Gasteiger partial charge < -0.3 is 15.6 Å². The number of rotatable bonds is 5. The maximum atomic E-state index is 10.7. The van der Waals surface area contributed by atoms with Crippen molar-refractivity contribution in [1.82, 2.24) is 4.98 Å². The quantitative estimate of drug-likeness (QED) is 0.642. The number of carbonyl (C=O) groups is 1. The number of carboxylic acids is 1. The molecule has 0 fully saturated rings. The number of aliphatic carboxylic acids is 1. The van der Waals surface area contributed by atoms with Crippen molar-refractivity contribution in [2.24, 2.45) is 5.73 Å². The van der Waals surface area contributed by atoms with Crippen molar-refractivity contribution in [1.29, 1.82) is 0 Å². The van der Waals surface area contributed by atoms with Gasteiger partial charge in [0.2, 0.25) is 11.6 Å². The van der Waals surface area contributed by atoms with Crippen LogP contribution in [0, 0.1) is 0 Å². The van der Waals surface area contributed by atoms with Crippen molar-refractivity contribution in [2.75, 3.05) is 0 Å². The van der Waals surface area contributed by atoms with E-state index in [4.69, 9.17) is 15.6 Å². The summed E-state index contributed by atoms with van der Waals surface area (Å²) in [5.74, 6) is -1.39. The van der Waals surface area contributed by atoms with E-state index in [-0.39, 0.29) is 11.6 Å². The lowest BCUT2D eigenvalue weighted by molar-refractivity contribution is -0.135. The number of pyridine rings is 1. The molecule has 0 saturated heterocycles. The average Bonchev–Trinajstić information content (AvgIpc) is 2.47. The van der Waals surface area contributed by atoms with Crippen LogP contribution in [0.5, 0.6) is 5.88 Å². The highest BCUT2D eigenvalue weighted by molar-refractivity contribution is 5.83. The van der Waals surface area contributed by atoms with Crippen molar-refractivity contribution >= 4 is 5.97 Å². The molecule has 1 aromatic heterocycles. The molecule has 0 unspecified atom stereocenters. The highest BCUT2D eigenvalue weighted by atomic mass is 16.5. The summed E-state index contributed by atoms with van der Waals surface area (Å²) in [5, 5.41) is 8.72. The van der Waals surface area contributed by atoms with E-state index < -0.39 is 5.97 Å². The first-order valence-corrected chi connectivity index (χ1v) is 5.96. The Balaban J connectivity index is 2.24. The smallest absolute Gasteiger partial charge is 0.371 e. The normalized spacial score (nSPS) is 10.1. The third-order valence-corrected chi connectivity index (χ3v) is 2.68. The second-order valence-corrected chi connectivity index (χ2v) is 4.09. The van der Waals surface area contributed by atoms with Crippen molar-refractivity contribution < 1.29 is 14.6 Å². The minimum atomic E-state index is -1.22. The topological polar surface area (TPSA) is 85.4 Å². The Morgan fingerprint density at radius 1 is 1.25 bits per heavy atom. The molecule has 5 heteroatoms. The lowest BCUT2D eigenvalue weighted by Gasteiger charge is -2.06. The van der Waals surface area contributed by atoms with Gasteiger partial charge in [0, 0.05) is 18.2 Å². The first kappa shape index (κ1) is 13.8. The van der Waals surface area contributed by atoms with E-state index in [9.17, 15) is 4.79 Å². The highest BCUT2D eigenvalue weighted by Gasteiger charge is 2.08. The molecule has 0 bridgehead atoms. The fourth-order valence-corrected chi connectivity index (χ4v) is 1.61. The highest BCUT2D eigenvalue weighted by Crippen LogP contribution is 2.21. The molecule has 0 amide bonds. The molecule has 0 radical (unpaired) electrons. The van der Waals surface area contributed by atoms with E-state index in [0.717, 1.165) is 11.1 Å². The second-order valence-electron chi connectivity index (χ2n) is 4.09. The minimum absolute atomic E-state index is 0.192. The van der Waals surface area contributed by atoms with Gasteiger partial charge in [0.1, 0.15) is 0 Å². The van der Waals surface area contributed by atoms with Crippen molar-refractivity contribution in [3.8, 4) is 17.1 Å². The summed E-state index contributed by atoms with van der Waals surface area (Å²) in [7, 11) is 0. The zero-order valence-corrected chi connectivity index (χ0v) is 10.7. The molecule has 0 atom stereocenters. The number of hydrogen-bond acceptors (Lipinski definition) is 4. The molecule has 2 rings (SSSR count). The summed E-state index contributed by atoms with van der Waals surface area (Å²) in [6.07, 6.45) is 0. The second kappa shape index (κ2) is 5.99. The molecule has 0 saturated carbocycles. The number of hydrogen-bond donors (Lipinski definition) is 2. The molecule has 20 heavy (non-hydrogen) atoms. The fourth-order valence-electron chi connectivity index (χ4n) is 1.61.